The molecule has 0 aliphatic heterocycles. The van der Waals surface area contributed by atoms with Crippen LogP contribution in [0.5, 0.6) is 0 Å². The second kappa shape index (κ2) is 7.94. The molecule has 2 N–H and O–H groups in total. The highest BCUT2D eigenvalue weighted by Crippen LogP contribution is 2.20. The van der Waals surface area contributed by atoms with Crippen molar-refractivity contribution in [1.82, 2.24) is 10.3 Å². The van der Waals surface area contributed by atoms with Crippen LogP contribution in [-0.4, -0.2) is 23.3 Å². The van der Waals surface area contributed by atoms with Crippen molar-refractivity contribution in [2.75, 3.05) is 11.9 Å². The van der Waals surface area contributed by atoms with Crippen LogP contribution in [0.3, 0.4) is 0 Å². The summed E-state index contributed by atoms with van der Waals surface area (Å²) >= 11 is 11.8. The minimum Gasteiger partial charge on any atom is -0.351 e. The number of carbonyl (C=O) groups is 2. The molecule has 0 saturated carbocycles. The maximum atomic E-state index is 12.0. The molecule has 0 spiro atoms. The molecule has 2 rings (SSSR count). The van der Waals surface area contributed by atoms with E-state index in [0.717, 1.165) is 5.69 Å². The number of nitrogens with zero attached hydrogens (tertiary/aromatic N) is 1. The molecule has 0 fully saturated rings. The summed E-state index contributed by atoms with van der Waals surface area (Å²) in [5.41, 5.74) is 1.09. The highest BCUT2D eigenvalue weighted by molar-refractivity contribution is 6.35. The number of aryl methyl sites for hydroxylation is 1. The van der Waals surface area contributed by atoms with Crippen LogP contribution in [0.4, 0.5) is 5.82 Å². The molecule has 0 atom stereocenters. The molecule has 0 bridgehead atoms. The summed E-state index contributed by atoms with van der Waals surface area (Å²) in [4.78, 5) is 28.0. The van der Waals surface area contributed by atoms with Crippen molar-refractivity contribution >= 4 is 40.8 Å². The molecule has 0 radical (unpaired) electrons. The average molecular weight is 352 g/mol. The van der Waals surface area contributed by atoms with Gasteiger partial charge in [0.15, 0.2) is 0 Å². The summed E-state index contributed by atoms with van der Waals surface area (Å²) < 4.78 is 0. The Kier molecular flexibility index (Phi) is 5.96. The first-order chi connectivity index (χ1) is 11.0. The van der Waals surface area contributed by atoms with Crippen LogP contribution in [0, 0.1) is 6.92 Å². The quantitative estimate of drug-likeness (QED) is 0.866. The van der Waals surface area contributed by atoms with Crippen molar-refractivity contribution in [2.45, 2.75) is 13.3 Å². The van der Waals surface area contributed by atoms with E-state index in [0.29, 0.717) is 15.9 Å². The third-order valence-electron chi connectivity index (χ3n) is 2.97. The predicted octanol–water partition coefficient (Wildman–Crippen LogP) is 3.46. The monoisotopic (exact) mass is 351 g/mol. The number of carbonyl (C=O) groups excluding carboxylic acids is 2. The Labute approximate surface area is 144 Å². The van der Waals surface area contributed by atoms with Crippen molar-refractivity contribution < 1.29 is 9.59 Å². The number of rotatable bonds is 5. The Hall–Kier alpha value is -2.11. The predicted molar refractivity (Wildman–Crippen MR) is 91.0 cm³/mol. The summed E-state index contributed by atoms with van der Waals surface area (Å²) in [7, 11) is 0. The molecule has 2 amide bonds. The molecule has 5 nitrogen and oxygen atoms in total. The van der Waals surface area contributed by atoms with Gasteiger partial charge < -0.3 is 10.6 Å². The SMILES string of the molecule is Cc1cccc(NC(=O)CCNC(=O)c2cc(Cl)ccc2Cl)n1. The van der Waals surface area contributed by atoms with E-state index in [9.17, 15) is 9.59 Å². The lowest BCUT2D eigenvalue weighted by molar-refractivity contribution is -0.116. The lowest BCUT2D eigenvalue weighted by atomic mass is 10.2. The van der Waals surface area contributed by atoms with Gasteiger partial charge in [-0.15, -0.1) is 0 Å². The van der Waals surface area contributed by atoms with Crippen molar-refractivity contribution in [3.05, 3.63) is 57.7 Å². The molecule has 7 heteroatoms. The summed E-state index contributed by atoms with van der Waals surface area (Å²) in [6, 6.07) is 9.98. The largest absolute Gasteiger partial charge is 0.351 e. The van der Waals surface area contributed by atoms with Crippen molar-refractivity contribution in [1.29, 1.82) is 0 Å². The summed E-state index contributed by atoms with van der Waals surface area (Å²) in [6.45, 7) is 2.02. The Morgan fingerprint density at radius 1 is 1.17 bits per heavy atom. The number of aromatic nitrogens is 1. The van der Waals surface area contributed by atoms with Gasteiger partial charge in [0, 0.05) is 23.7 Å². The smallest absolute Gasteiger partial charge is 0.252 e. The maximum Gasteiger partial charge on any atom is 0.252 e. The molecule has 120 valence electrons. The number of hydrogen-bond acceptors (Lipinski definition) is 3. The summed E-state index contributed by atoms with van der Waals surface area (Å²) in [6.07, 6.45) is 0.125. The van der Waals surface area contributed by atoms with Crippen LogP contribution in [0.25, 0.3) is 0 Å². The van der Waals surface area contributed by atoms with E-state index >= 15 is 0 Å². The molecular formula is C16H15Cl2N3O2. The third kappa shape index (κ3) is 5.23. The van der Waals surface area contributed by atoms with E-state index in [4.69, 9.17) is 23.2 Å². The van der Waals surface area contributed by atoms with Gasteiger partial charge in [0.2, 0.25) is 5.91 Å². The van der Waals surface area contributed by atoms with Crippen LogP contribution in [-0.2, 0) is 4.79 Å². The summed E-state index contributed by atoms with van der Waals surface area (Å²) in [5.74, 6) is -0.126. The van der Waals surface area contributed by atoms with Crippen molar-refractivity contribution in [3.63, 3.8) is 0 Å². The van der Waals surface area contributed by atoms with Crippen LogP contribution < -0.4 is 10.6 Å². The number of amides is 2. The minimum absolute atomic E-state index is 0.125. The lowest BCUT2D eigenvalue weighted by Crippen LogP contribution is -2.28. The van der Waals surface area contributed by atoms with Crippen LogP contribution in [0.15, 0.2) is 36.4 Å². The Bertz CT molecular complexity index is 735. The Morgan fingerprint density at radius 3 is 2.70 bits per heavy atom. The van der Waals surface area contributed by atoms with E-state index in [-0.39, 0.29) is 30.3 Å². The van der Waals surface area contributed by atoms with Crippen molar-refractivity contribution in [2.24, 2.45) is 0 Å². The molecule has 1 aromatic heterocycles. The van der Waals surface area contributed by atoms with E-state index in [2.05, 4.69) is 15.6 Å². The van der Waals surface area contributed by atoms with Gasteiger partial charge in [-0.2, -0.15) is 0 Å². The van der Waals surface area contributed by atoms with E-state index < -0.39 is 0 Å². The van der Waals surface area contributed by atoms with Gasteiger partial charge in [0.25, 0.3) is 5.91 Å². The molecule has 0 aliphatic carbocycles. The number of anilines is 1. The first-order valence-corrected chi connectivity index (χ1v) is 7.68. The number of halogens is 2. The minimum atomic E-state index is -0.376. The fraction of sp³-hybridized carbons (Fsp3) is 0.188. The van der Waals surface area contributed by atoms with E-state index in [1.165, 1.54) is 6.07 Å². The Morgan fingerprint density at radius 2 is 1.96 bits per heavy atom. The average Bonchev–Trinajstić information content (AvgIpc) is 2.49. The molecular weight excluding hydrogens is 337 g/mol. The molecule has 0 aliphatic rings. The fourth-order valence-electron chi connectivity index (χ4n) is 1.87. The van der Waals surface area contributed by atoms with Gasteiger partial charge in [-0.1, -0.05) is 29.3 Å². The fourth-order valence-corrected chi connectivity index (χ4v) is 2.25. The first kappa shape index (κ1) is 17.2. The number of benzene rings is 1. The van der Waals surface area contributed by atoms with E-state index in [1.54, 1.807) is 24.3 Å². The number of nitrogens with one attached hydrogen (secondary N) is 2. The third-order valence-corrected chi connectivity index (χ3v) is 3.53. The lowest BCUT2D eigenvalue weighted by Gasteiger charge is -2.08. The molecule has 23 heavy (non-hydrogen) atoms. The highest BCUT2D eigenvalue weighted by atomic mass is 35.5. The molecule has 0 unspecified atom stereocenters. The maximum absolute atomic E-state index is 12.0. The van der Waals surface area contributed by atoms with Crippen LogP contribution in [0.1, 0.15) is 22.5 Å². The zero-order chi connectivity index (χ0) is 16.8. The van der Waals surface area contributed by atoms with Gasteiger partial charge >= 0.3 is 0 Å². The topological polar surface area (TPSA) is 71.1 Å². The van der Waals surface area contributed by atoms with E-state index in [1.807, 2.05) is 13.0 Å². The number of hydrogen-bond donors (Lipinski definition) is 2. The van der Waals surface area contributed by atoms with Gasteiger partial charge in [-0.05, 0) is 37.3 Å². The second-order valence-electron chi connectivity index (χ2n) is 4.84. The zero-order valence-electron chi connectivity index (χ0n) is 12.4. The molecule has 1 aromatic carbocycles. The second-order valence-corrected chi connectivity index (χ2v) is 5.69. The molecule has 2 aromatic rings. The zero-order valence-corrected chi connectivity index (χ0v) is 13.9. The number of pyridine rings is 1. The van der Waals surface area contributed by atoms with Crippen LogP contribution in [0.2, 0.25) is 10.0 Å². The van der Waals surface area contributed by atoms with Crippen molar-refractivity contribution in [3.8, 4) is 0 Å². The first-order valence-electron chi connectivity index (χ1n) is 6.92. The molecule has 1 heterocycles. The standard InChI is InChI=1S/C16H15Cl2N3O2/c1-10-3-2-4-14(20-10)21-15(22)7-8-19-16(23)12-9-11(17)5-6-13(12)18/h2-6,9H,7-8H2,1H3,(H,19,23)(H,20,21,22). The molecule has 0 saturated heterocycles. The van der Waals surface area contributed by atoms with Gasteiger partial charge in [-0.3, -0.25) is 9.59 Å². The van der Waals surface area contributed by atoms with Gasteiger partial charge in [0.1, 0.15) is 5.82 Å². The Balaban J connectivity index is 1.83. The van der Waals surface area contributed by atoms with Gasteiger partial charge in [-0.25, -0.2) is 4.98 Å². The van der Waals surface area contributed by atoms with Crippen LogP contribution >= 0.6 is 23.2 Å². The highest BCUT2D eigenvalue weighted by Gasteiger charge is 2.11. The summed E-state index contributed by atoms with van der Waals surface area (Å²) in [5, 5.41) is 6.03. The van der Waals surface area contributed by atoms with Gasteiger partial charge in [0.05, 0.1) is 10.6 Å². The normalized spacial score (nSPS) is 10.2.